The van der Waals surface area contributed by atoms with E-state index in [0.29, 0.717) is 12.0 Å². The van der Waals surface area contributed by atoms with E-state index in [-0.39, 0.29) is 0 Å². The van der Waals surface area contributed by atoms with Crippen LogP contribution in [0.5, 0.6) is 5.75 Å². The SMILES string of the molecule is CNC(Cc1nc(C)c(C)s1)C1CCOc2ccccc21. The molecule has 1 N–H and O–H groups in total. The average molecular weight is 302 g/mol. The largest absolute Gasteiger partial charge is 0.493 e. The number of aromatic nitrogens is 1. The van der Waals surface area contributed by atoms with E-state index in [9.17, 15) is 0 Å². The third kappa shape index (κ3) is 2.97. The van der Waals surface area contributed by atoms with Gasteiger partial charge in [-0.15, -0.1) is 11.3 Å². The van der Waals surface area contributed by atoms with E-state index < -0.39 is 0 Å². The minimum Gasteiger partial charge on any atom is -0.493 e. The highest BCUT2D eigenvalue weighted by atomic mass is 32.1. The fourth-order valence-electron chi connectivity index (χ4n) is 3.05. The molecule has 4 heteroatoms. The van der Waals surface area contributed by atoms with Crippen LogP contribution in [0.15, 0.2) is 24.3 Å². The summed E-state index contributed by atoms with van der Waals surface area (Å²) in [5.74, 6) is 1.53. The van der Waals surface area contributed by atoms with E-state index in [2.05, 4.69) is 44.4 Å². The van der Waals surface area contributed by atoms with Crippen LogP contribution >= 0.6 is 11.3 Å². The van der Waals surface area contributed by atoms with Gasteiger partial charge in [-0.2, -0.15) is 0 Å². The second kappa shape index (κ2) is 6.16. The van der Waals surface area contributed by atoms with Crippen molar-refractivity contribution in [2.45, 2.75) is 38.6 Å². The number of hydrogen-bond donors (Lipinski definition) is 1. The normalized spacial score (nSPS) is 18.9. The molecule has 0 saturated carbocycles. The summed E-state index contributed by atoms with van der Waals surface area (Å²) in [6, 6.07) is 8.82. The number of fused-ring (bicyclic) bond motifs is 1. The van der Waals surface area contributed by atoms with Gasteiger partial charge in [-0.3, -0.25) is 0 Å². The first-order valence-corrected chi connectivity index (χ1v) is 8.32. The van der Waals surface area contributed by atoms with Gasteiger partial charge in [0.1, 0.15) is 5.75 Å². The van der Waals surface area contributed by atoms with Gasteiger partial charge in [-0.1, -0.05) is 18.2 Å². The number of rotatable bonds is 4. The maximum absolute atomic E-state index is 5.78. The molecule has 1 aromatic heterocycles. The molecule has 0 fully saturated rings. The lowest BCUT2D eigenvalue weighted by atomic mass is 9.85. The molecule has 2 unspecified atom stereocenters. The lowest BCUT2D eigenvalue weighted by molar-refractivity contribution is 0.247. The summed E-state index contributed by atoms with van der Waals surface area (Å²) in [6.45, 7) is 5.04. The molecule has 1 aliphatic rings. The van der Waals surface area contributed by atoms with Crippen molar-refractivity contribution in [3.63, 3.8) is 0 Å². The Hall–Kier alpha value is -1.39. The Morgan fingerprint density at radius 2 is 2.19 bits per heavy atom. The predicted molar refractivity (Wildman–Crippen MR) is 87.4 cm³/mol. The van der Waals surface area contributed by atoms with Gasteiger partial charge in [-0.05, 0) is 38.9 Å². The number of hydrogen-bond acceptors (Lipinski definition) is 4. The van der Waals surface area contributed by atoms with Crippen molar-refractivity contribution in [2.75, 3.05) is 13.7 Å². The first-order chi connectivity index (χ1) is 10.2. The minimum absolute atomic E-state index is 0.403. The Bertz CT molecular complexity index is 604. The van der Waals surface area contributed by atoms with E-state index in [1.165, 1.54) is 15.4 Å². The van der Waals surface area contributed by atoms with Gasteiger partial charge in [0.25, 0.3) is 0 Å². The number of benzene rings is 1. The van der Waals surface area contributed by atoms with Gasteiger partial charge in [0.05, 0.1) is 17.3 Å². The zero-order valence-electron chi connectivity index (χ0n) is 12.8. The molecule has 2 atom stereocenters. The number of ether oxygens (including phenoxy) is 1. The Morgan fingerprint density at radius 3 is 2.90 bits per heavy atom. The van der Waals surface area contributed by atoms with Crippen LogP contribution in [0, 0.1) is 13.8 Å². The molecule has 21 heavy (non-hydrogen) atoms. The first-order valence-electron chi connectivity index (χ1n) is 7.51. The van der Waals surface area contributed by atoms with Crippen molar-refractivity contribution in [1.82, 2.24) is 10.3 Å². The molecule has 0 spiro atoms. The lowest BCUT2D eigenvalue weighted by Gasteiger charge is -2.32. The topological polar surface area (TPSA) is 34.2 Å². The highest BCUT2D eigenvalue weighted by Gasteiger charge is 2.28. The van der Waals surface area contributed by atoms with Crippen LogP contribution in [-0.2, 0) is 6.42 Å². The number of likely N-dealkylation sites (N-methyl/N-ethyl adjacent to an activating group) is 1. The molecule has 0 aliphatic carbocycles. The van der Waals surface area contributed by atoms with E-state index >= 15 is 0 Å². The summed E-state index contributed by atoms with van der Waals surface area (Å²) >= 11 is 1.82. The van der Waals surface area contributed by atoms with Gasteiger partial charge < -0.3 is 10.1 Å². The van der Waals surface area contributed by atoms with Crippen LogP contribution < -0.4 is 10.1 Å². The van der Waals surface area contributed by atoms with Crippen LogP contribution in [-0.4, -0.2) is 24.7 Å². The molecule has 3 nitrogen and oxygen atoms in total. The number of thiazole rings is 1. The Labute approximate surface area is 130 Å². The summed E-state index contributed by atoms with van der Waals surface area (Å²) in [7, 11) is 2.05. The molecule has 3 rings (SSSR count). The monoisotopic (exact) mass is 302 g/mol. The van der Waals surface area contributed by atoms with Crippen molar-refractivity contribution in [3.05, 3.63) is 45.4 Å². The lowest BCUT2D eigenvalue weighted by Crippen LogP contribution is -2.36. The third-order valence-corrected chi connectivity index (χ3v) is 5.42. The summed E-state index contributed by atoms with van der Waals surface area (Å²) in [6.07, 6.45) is 2.04. The van der Waals surface area contributed by atoms with Crippen LogP contribution in [0.3, 0.4) is 0 Å². The zero-order chi connectivity index (χ0) is 14.8. The van der Waals surface area contributed by atoms with E-state index in [1.54, 1.807) is 0 Å². The summed E-state index contributed by atoms with van der Waals surface area (Å²) in [5, 5.41) is 4.73. The highest BCUT2D eigenvalue weighted by Crippen LogP contribution is 2.36. The van der Waals surface area contributed by atoms with Crippen LogP contribution in [0.25, 0.3) is 0 Å². The fraction of sp³-hybridized carbons (Fsp3) is 0.471. The molecule has 0 bridgehead atoms. The average Bonchev–Trinajstić information content (AvgIpc) is 2.82. The number of nitrogens with one attached hydrogen (secondary N) is 1. The van der Waals surface area contributed by atoms with E-state index in [4.69, 9.17) is 9.72 Å². The predicted octanol–water partition coefficient (Wildman–Crippen LogP) is 3.46. The van der Waals surface area contributed by atoms with Gasteiger partial charge >= 0.3 is 0 Å². The van der Waals surface area contributed by atoms with Crippen LogP contribution in [0.1, 0.15) is 33.5 Å². The standard InChI is InChI=1S/C17H22N2OS/c1-11-12(2)21-17(19-11)10-15(18-3)13-8-9-20-16-7-5-4-6-14(13)16/h4-7,13,15,18H,8-10H2,1-3H3. The second-order valence-electron chi connectivity index (χ2n) is 5.63. The molecular weight excluding hydrogens is 280 g/mol. The quantitative estimate of drug-likeness (QED) is 0.939. The van der Waals surface area contributed by atoms with Gasteiger partial charge in [-0.25, -0.2) is 4.98 Å². The molecule has 0 amide bonds. The molecule has 0 radical (unpaired) electrons. The van der Waals surface area contributed by atoms with Crippen molar-refractivity contribution in [1.29, 1.82) is 0 Å². The van der Waals surface area contributed by atoms with Crippen LogP contribution in [0.4, 0.5) is 0 Å². The van der Waals surface area contributed by atoms with Gasteiger partial charge in [0.2, 0.25) is 0 Å². The molecular formula is C17H22N2OS. The van der Waals surface area contributed by atoms with Crippen molar-refractivity contribution in [2.24, 2.45) is 0 Å². The molecule has 1 aliphatic heterocycles. The summed E-state index contributed by atoms with van der Waals surface area (Å²) in [5.41, 5.74) is 2.49. The number of nitrogens with zero attached hydrogens (tertiary/aromatic N) is 1. The highest BCUT2D eigenvalue weighted by molar-refractivity contribution is 7.11. The molecule has 0 saturated heterocycles. The van der Waals surface area contributed by atoms with Gasteiger partial charge in [0.15, 0.2) is 0 Å². The molecule has 1 aromatic carbocycles. The third-order valence-electron chi connectivity index (χ3n) is 4.33. The van der Waals surface area contributed by atoms with Crippen molar-refractivity contribution < 1.29 is 4.74 Å². The smallest absolute Gasteiger partial charge is 0.122 e. The number of para-hydroxylation sites is 1. The second-order valence-corrected chi connectivity index (χ2v) is 6.92. The van der Waals surface area contributed by atoms with Crippen molar-refractivity contribution in [3.8, 4) is 5.75 Å². The van der Waals surface area contributed by atoms with Crippen LogP contribution in [0.2, 0.25) is 0 Å². The Balaban J connectivity index is 1.84. The van der Waals surface area contributed by atoms with Crippen molar-refractivity contribution >= 4 is 11.3 Å². The molecule has 2 aromatic rings. The maximum Gasteiger partial charge on any atom is 0.122 e. The maximum atomic E-state index is 5.78. The Kier molecular flexibility index (Phi) is 4.27. The zero-order valence-corrected chi connectivity index (χ0v) is 13.7. The summed E-state index contributed by atoms with van der Waals surface area (Å²) in [4.78, 5) is 6.02. The Morgan fingerprint density at radius 1 is 1.38 bits per heavy atom. The van der Waals surface area contributed by atoms with Gasteiger partial charge in [0, 0.05) is 23.3 Å². The molecule has 112 valence electrons. The minimum atomic E-state index is 0.403. The van der Waals surface area contributed by atoms with E-state index in [1.807, 2.05) is 17.4 Å². The fourth-order valence-corrected chi connectivity index (χ4v) is 4.04. The van der Waals surface area contributed by atoms with E-state index in [0.717, 1.165) is 30.9 Å². The first kappa shape index (κ1) is 14.5. The number of aryl methyl sites for hydroxylation is 2. The molecule has 2 heterocycles. The summed E-state index contributed by atoms with van der Waals surface area (Å²) < 4.78 is 5.78.